The Bertz CT molecular complexity index is 454. The van der Waals surface area contributed by atoms with Crippen molar-refractivity contribution in [3.8, 4) is 0 Å². The summed E-state index contributed by atoms with van der Waals surface area (Å²) in [7, 11) is 0. The molecular weight excluding hydrogens is 226 g/mol. The summed E-state index contributed by atoms with van der Waals surface area (Å²) < 4.78 is 0. The van der Waals surface area contributed by atoms with E-state index < -0.39 is 5.97 Å². The molecule has 1 unspecified atom stereocenters. The fourth-order valence-corrected chi connectivity index (χ4v) is 3.02. The molecular formula is C15H19NO2. The fraction of sp³-hybridized carbons (Fsp3) is 0.533. The molecule has 1 N–H and O–H groups in total. The molecule has 1 fully saturated rings. The Balaban J connectivity index is 1.80. The molecule has 1 heterocycles. The summed E-state index contributed by atoms with van der Waals surface area (Å²) in [6.07, 6.45) is 4.50. The van der Waals surface area contributed by atoms with Gasteiger partial charge in [0.05, 0.1) is 0 Å². The standard InChI is InChI=1S/C15H19NO2/c17-15(18)14-8-12-6-1-2-7-13(12)10-16(14)9-11-4-3-5-11/h1-2,6-7,11,14H,3-5,8-10H2,(H,17,18). The number of aliphatic carboxylic acids is 1. The number of hydrogen-bond donors (Lipinski definition) is 1. The molecule has 1 saturated carbocycles. The van der Waals surface area contributed by atoms with Crippen molar-refractivity contribution in [1.29, 1.82) is 0 Å². The number of rotatable bonds is 3. The second-order valence-electron chi connectivity index (χ2n) is 5.55. The topological polar surface area (TPSA) is 40.5 Å². The van der Waals surface area contributed by atoms with E-state index in [9.17, 15) is 9.90 Å². The van der Waals surface area contributed by atoms with Gasteiger partial charge in [-0.3, -0.25) is 9.69 Å². The monoisotopic (exact) mass is 245 g/mol. The second-order valence-corrected chi connectivity index (χ2v) is 5.55. The van der Waals surface area contributed by atoms with E-state index in [1.807, 2.05) is 12.1 Å². The summed E-state index contributed by atoms with van der Waals surface area (Å²) in [6, 6.07) is 7.90. The quantitative estimate of drug-likeness (QED) is 0.888. The smallest absolute Gasteiger partial charge is 0.321 e. The van der Waals surface area contributed by atoms with E-state index >= 15 is 0 Å². The zero-order valence-corrected chi connectivity index (χ0v) is 10.5. The van der Waals surface area contributed by atoms with Crippen LogP contribution in [0.2, 0.25) is 0 Å². The number of hydrogen-bond acceptors (Lipinski definition) is 2. The van der Waals surface area contributed by atoms with Gasteiger partial charge in [0.25, 0.3) is 0 Å². The number of carboxylic acids is 1. The molecule has 96 valence electrons. The fourth-order valence-electron chi connectivity index (χ4n) is 3.02. The van der Waals surface area contributed by atoms with E-state index in [0.717, 1.165) is 19.0 Å². The lowest BCUT2D eigenvalue weighted by Crippen LogP contribution is -2.48. The molecule has 0 radical (unpaired) electrons. The van der Waals surface area contributed by atoms with Crippen LogP contribution in [0.25, 0.3) is 0 Å². The van der Waals surface area contributed by atoms with Gasteiger partial charge < -0.3 is 5.11 Å². The Hall–Kier alpha value is -1.35. The van der Waals surface area contributed by atoms with Crippen molar-refractivity contribution >= 4 is 5.97 Å². The van der Waals surface area contributed by atoms with Crippen molar-refractivity contribution in [3.63, 3.8) is 0 Å². The highest BCUT2D eigenvalue weighted by atomic mass is 16.4. The molecule has 1 atom stereocenters. The summed E-state index contributed by atoms with van der Waals surface area (Å²) in [5.74, 6) is 0.0425. The Morgan fingerprint density at radius 3 is 2.61 bits per heavy atom. The first-order chi connectivity index (χ1) is 8.74. The summed E-state index contributed by atoms with van der Waals surface area (Å²) in [4.78, 5) is 13.6. The van der Waals surface area contributed by atoms with Crippen molar-refractivity contribution < 1.29 is 9.90 Å². The normalized spacial score (nSPS) is 24.3. The highest BCUT2D eigenvalue weighted by Gasteiger charge is 2.33. The van der Waals surface area contributed by atoms with E-state index in [1.54, 1.807) is 0 Å². The number of carbonyl (C=O) groups is 1. The van der Waals surface area contributed by atoms with Crippen LogP contribution >= 0.6 is 0 Å². The predicted octanol–water partition coefficient (Wildman–Crippen LogP) is 2.30. The Labute approximate surface area is 107 Å². The van der Waals surface area contributed by atoms with Crippen LogP contribution in [0.1, 0.15) is 30.4 Å². The van der Waals surface area contributed by atoms with Crippen LogP contribution in [-0.4, -0.2) is 28.6 Å². The van der Waals surface area contributed by atoms with Crippen LogP contribution < -0.4 is 0 Å². The second kappa shape index (κ2) is 4.73. The maximum absolute atomic E-state index is 11.4. The van der Waals surface area contributed by atoms with Crippen molar-refractivity contribution in [1.82, 2.24) is 4.90 Å². The minimum Gasteiger partial charge on any atom is -0.480 e. The van der Waals surface area contributed by atoms with Crippen molar-refractivity contribution in [2.45, 2.75) is 38.3 Å². The van der Waals surface area contributed by atoms with E-state index in [0.29, 0.717) is 6.42 Å². The van der Waals surface area contributed by atoms with Gasteiger partial charge in [0.2, 0.25) is 0 Å². The van der Waals surface area contributed by atoms with Crippen LogP contribution in [0.4, 0.5) is 0 Å². The first-order valence-electron chi connectivity index (χ1n) is 6.77. The molecule has 3 heteroatoms. The molecule has 0 amide bonds. The van der Waals surface area contributed by atoms with Gasteiger partial charge in [0.15, 0.2) is 0 Å². The van der Waals surface area contributed by atoms with Gasteiger partial charge in [0.1, 0.15) is 6.04 Å². The van der Waals surface area contributed by atoms with Crippen LogP contribution in [-0.2, 0) is 17.8 Å². The molecule has 0 saturated heterocycles. The third-order valence-electron chi connectivity index (χ3n) is 4.35. The first-order valence-corrected chi connectivity index (χ1v) is 6.77. The average molecular weight is 245 g/mol. The maximum atomic E-state index is 11.4. The predicted molar refractivity (Wildman–Crippen MR) is 69.3 cm³/mol. The highest BCUT2D eigenvalue weighted by Crippen LogP contribution is 2.31. The molecule has 3 nitrogen and oxygen atoms in total. The average Bonchev–Trinajstić information content (AvgIpc) is 2.32. The highest BCUT2D eigenvalue weighted by molar-refractivity contribution is 5.74. The molecule has 1 aromatic carbocycles. The Kier molecular flexibility index (Phi) is 3.08. The van der Waals surface area contributed by atoms with Crippen LogP contribution in [0.3, 0.4) is 0 Å². The van der Waals surface area contributed by atoms with E-state index in [-0.39, 0.29) is 6.04 Å². The third kappa shape index (κ3) is 2.15. The number of fused-ring (bicyclic) bond motifs is 1. The van der Waals surface area contributed by atoms with Gasteiger partial charge in [-0.1, -0.05) is 30.7 Å². The molecule has 0 spiro atoms. The minimum atomic E-state index is -0.677. The van der Waals surface area contributed by atoms with Gasteiger partial charge >= 0.3 is 5.97 Å². The molecule has 1 aliphatic heterocycles. The van der Waals surface area contributed by atoms with Crippen molar-refractivity contribution in [2.24, 2.45) is 5.92 Å². The van der Waals surface area contributed by atoms with E-state index in [1.165, 1.54) is 30.4 Å². The molecule has 3 rings (SSSR count). The molecule has 1 aromatic rings. The molecule has 18 heavy (non-hydrogen) atoms. The zero-order valence-electron chi connectivity index (χ0n) is 10.5. The van der Waals surface area contributed by atoms with E-state index in [2.05, 4.69) is 17.0 Å². The third-order valence-corrected chi connectivity index (χ3v) is 4.35. The lowest BCUT2D eigenvalue weighted by molar-refractivity contribution is -0.144. The Morgan fingerprint density at radius 1 is 1.28 bits per heavy atom. The molecule has 0 aromatic heterocycles. The van der Waals surface area contributed by atoms with Gasteiger partial charge in [-0.05, 0) is 36.3 Å². The van der Waals surface area contributed by atoms with Crippen LogP contribution in [0.5, 0.6) is 0 Å². The largest absolute Gasteiger partial charge is 0.480 e. The Morgan fingerprint density at radius 2 is 2.00 bits per heavy atom. The van der Waals surface area contributed by atoms with Gasteiger partial charge in [-0.25, -0.2) is 0 Å². The van der Waals surface area contributed by atoms with Gasteiger partial charge in [0, 0.05) is 13.1 Å². The molecule has 1 aliphatic carbocycles. The SMILES string of the molecule is O=C(O)C1Cc2ccccc2CN1CC1CCC1. The van der Waals surface area contributed by atoms with Gasteiger partial charge in [-0.2, -0.15) is 0 Å². The maximum Gasteiger partial charge on any atom is 0.321 e. The van der Waals surface area contributed by atoms with Gasteiger partial charge in [-0.15, -0.1) is 0 Å². The summed E-state index contributed by atoms with van der Waals surface area (Å²) in [6.45, 7) is 1.74. The summed E-state index contributed by atoms with van der Waals surface area (Å²) in [5.41, 5.74) is 2.50. The van der Waals surface area contributed by atoms with Crippen molar-refractivity contribution in [3.05, 3.63) is 35.4 Å². The number of nitrogens with zero attached hydrogens (tertiary/aromatic N) is 1. The molecule has 0 bridgehead atoms. The first kappa shape index (κ1) is 11.7. The van der Waals surface area contributed by atoms with Crippen LogP contribution in [0, 0.1) is 5.92 Å². The lowest BCUT2D eigenvalue weighted by Gasteiger charge is -2.38. The summed E-state index contributed by atoms with van der Waals surface area (Å²) in [5, 5.41) is 9.40. The summed E-state index contributed by atoms with van der Waals surface area (Å²) >= 11 is 0. The number of carboxylic acid groups (broad SMARTS) is 1. The van der Waals surface area contributed by atoms with Crippen molar-refractivity contribution in [2.75, 3.05) is 6.54 Å². The lowest BCUT2D eigenvalue weighted by atomic mass is 9.83. The zero-order chi connectivity index (χ0) is 12.5. The van der Waals surface area contributed by atoms with E-state index in [4.69, 9.17) is 0 Å². The minimum absolute atomic E-state index is 0.333. The molecule has 2 aliphatic rings. The number of benzene rings is 1. The van der Waals surface area contributed by atoms with Crippen LogP contribution in [0.15, 0.2) is 24.3 Å².